The number of carbonyl (C=O) groups excluding carboxylic acids is 1. The number of carbonyl (C=O) groups is 1. The number of nitrogen functional groups attached to an aromatic ring is 1. The van der Waals surface area contributed by atoms with E-state index in [0.29, 0.717) is 5.56 Å². The molecule has 0 saturated carbocycles. The first-order valence-corrected chi connectivity index (χ1v) is 10.9. The van der Waals surface area contributed by atoms with Gasteiger partial charge in [0, 0.05) is 23.4 Å². The number of para-hydroxylation sites is 1. The van der Waals surface area contributed by atoms with Crippen molar-refractivity contribution in [3.63, 3.8) is 0 Å². The molecule has 4 rings (SSSR count). The molecule has 0 bridgehead atoms. The topological polar surface area (TPSA) is 103 Å². The van der Waals surface area contributed by atoms with Crippen LogP contribution in [0.5, 0.6) is 0 Å². The molecule has 0 fully saturated rings. The average molecular weight is 455 g/mol. The Labute approximate surface area is 197 Å². The molecule has 4 aromatic rings. The van der Waals surface area contributed by atoms with Gasteiger partial charge in [0.1, 0.15) is 5.84 Å². The van der Waals surface area contributed by atoms with Crippen LogP contribution in [0.4, 0.5) is 0 Å². The third-order valence-electron chi connectivity index (χ3n) is 5.86. The Balaban J connectivity index is 1.77. The fraction of sp³-hybridized carbons (Fsp3) is 0.148. The van der Waals surface area contributed by atoms with Gasteiger partial charge in [-0.15, -0.1) is 0 Å². The van der Waals surface area contributed by atoms with E-state index in [4.69, 9.17) is 15.9 Å². The standard InChI is InChI=1S/C27H26N4O3/c1-18-25(21-12-8-19(9-13-21)20-10-14-22(15-11-20)26(28)29)31(23-6-4-3-5-7-23)27(33)30(18)17-16-24(32)34-2/h3-15H,16-17H2,1-2H3,(H3,28,29). The van der Waals surface area contributed by atoms with Gasteiger partial charge in [-0.25, -0.2) is 4.79 Å². The van der Waals surface area contributed by atoms with Crippen molar-refractivity contribution in [2.75, 3.05) is 7.11 Å². The highest BCUT2D eigenvalue weighted by molar-refractivity contribution is 5.95. The minimum absolute atomic E-state index is 0.0352. The number of esters is 1. The highest BCUT2D eigenvalue weighted by atomic mass is 16.5. The van der Waals surface area contributed by atoms with Gasteiger partial charge in [-0.05, 0) is 30.2 Å². The van der Waals surface area contributed by atoms with E-state index in [1.54, 1.807) is 9.13 Å². The lowest BCUT2D eigenvalue weighted by atomic mass is 10.0. The smallest absolute Gasteiger partial charge is 0.333 e. The molecule has 0 unspecified atom stereocenters. The summed E-state index contributed by atoms with van der Waals surface area (Å²) in [7, 11) is 1.34. The summed E-state index contributed by atoms with van der Waals surface area (Å²) >= 11 is 0. The number of methoxy groups -OCH3 is 1. The minimum atomic E-state index is -0.361. The molecule has 7 heteroatoms. The normalized spacial score (nSPS) is 10.8. The first-order chi connectivity index (χ1) is 16.4. The number of rotatable bonds is 7. The summed E-state index contributed by atoms with van der Waals surface area (Å²) in [5.41, 5.74) is 11.2. The summed E-state index contributed by atoms with van der Waals surface area (Å²) in [5, 5.41) is 7.55. The van der Waals surface area contributed by atoms with E-state index in [2.05, 4.69) is 0 Å². The molecule has 0 atom stereocenters. The number of benzene rings is 3. The predicted octanol–water partition coefficient (Wildman–Crippen LogP) is 4.13. The van der Waals surface area contributed by atoms with Crippen LogP contribution in [-0.2, 0) is 16.1 Å². The van der Waals surface area contributed by atoms with E-state index in [9.17, 15) is 9.59 Å². The van der Waals surface area contributed by atoms with Crippen LogP contribution in [0.1, 0.15) is 17.7 Å². The molecule has 0 amide bonds. The van der Waals surface area contributed by atoms with Gasteiger partial charge >= 0.3 is 11.7 Å². The highest BCUT2D eigenvalue weighted by Gasteiger charge is 2.20. The lowest BCUT2D eigenvalue weighted by Gasteiger charge is -2.10. The van der Waals surface area contributed by atoms with Gasteiger partial charge < -0.3 is 10.5 Å². The Kier molecular flexibility index (Phi) is 6.45. The predicted molar refractivity (Wildman–Crippen MR) is 133 cm³/mol. The monoisotopic (exact) mass is 454 g/mol. The molecule has 1 heterocycles. The van der Waals surface area contributed by atoms with Crippen LogP contribution in [0.3, 0.4) is 0 Å². The SMILES string of the molecule is COC(=O)CCn1c(C)c(-c2ccc(-c3ccc(C(=N)N)cc3)cc2)n(-c2ccccc2)c1=O. The van der Waals surface area contributed by atoms with E-state index < -0.39 is 0 Å². The molecule has 0 saturated heterocycles. The molecule has 3 aromatic carbocycles. The van der Waals surface area contributed by atoms with E-state index in [0.717, 1.165) is 33.8 Å². The molecule has 1 aromatic heterocycles. The van der Waals surface area contributed by atoms with Crippen LogP contribution in [0.25, 0.3) is 28.1 Å². The van der Waals surface area contributed by atoms with Gasteiger partial charge in [0.25, 0.3) is 0 Å². The maximum absolute atomic E-state index is 13.4. The van der Waals surface area contributed by atoms with Crippen molar-refractivity contribution in [1.82, 2.24) is 9.13 Å². The maximum atomic E-state index is 13.4. The molecule has 34 heavy (non-hydrogen) atoms. The molecule has 0 aliphatic heterocycles. The summed E-state index contributed by atoms with van der Waals surface area (Å²) in [4.78, 5) is 25.1. The second-order valence-electron chi connectivity index (χ2n) is 7.93. The van der Waals surface area contributed by atoms with Gasteiger partial charge in [-0.1, -0.05) is 66.7 Å². The second kappa shape index (κ2) is 9.62. The van der Waals surface area contributed by atoms with Crippen molar-refractivity contribution >= 4 is 11.8 Å². The molecular weight excluding hydrogens is 428 g/mol. The first-order valence-electron chi connectivity index (χ1n) is 10.9. The molecule has 172 valence electrons. The Morgan fingerprint density at radius 3 is 2.03 bits per heavy atom. The van der Waals surface area contributed by atoms with Crippen molar-refractivity contribution < 1.29 is 9.53 Å². The van der Waals surface area contributed by atoms with Crippen LogP contribution in [0.15, 0.2) is 83.7 Å². The Bertz CT molecular complexity index is 1380. The Morgan fingerprint density at radius 2 is 1.47 bits per heavy atom. The zero-order valence-corrected chi connectivity index (χ0v) is 19.1. The zero-order valence-electron chi connectivity index (χ0n) is 19.1. The number of nitrogens with one attached hydrogen (secondary N) is 1. The van der Waals surface area contributed by atoms with E-state index in [-0.39, 0.29) is 30.5 Å². The van der Waals surface area contributed by atoms with Gasteiger partial charge in [0.05, 0.1) is 24.9 Å². The van der Waals surface area contributed by atoms with Crippen LogP contribution >= 0.6 is 0 Å². The number of imidazole rings is 1. The lowest BCUT2D eigenvalue weighted by molar-refractivity contribution is -0.140. The number of aromatic nitrogens is 2. The number of amidine groups is 1. The van der Waals surface area contributed by atoms with Crippen LogP contribution in [0.2, 0.25) is 0 Å². The van der Waals surface area contributed by atoms with E-state index in [1.165, 1.54) is 7.11 Å². The molecule has 0 spiro atoms. The summed E-state index contributed by atoms with van der Waals surface area (Å²) in [6.07, 6.45) is 0.116. The summed E-state index contributed by atoms with van der Waals surface area (Å²) < 4.78 is 8.06. The maximum Gasteiger partial charge on any atom is 0.333 e. The van der Waals surface area contributed by atoms with E-state index >= 15 is 0 Å². The lowest BCUT2D eigenvalue weighted by Crippen LogP contribution is -2.25. The van der Waals surface area contributed by atoms with Gasteiger partial charge in [-0.3, -0.25) is 19.3 Å². The van der Waals surface area contributed by atoms with Crippen molar-refractivity contribution in [3.05, 3.63) is 101 Å². The third-order valence-corrected chi connectivity index (χ3v) is 5.86. The van der Waals surface area contributed by atoms with Crippen LogP contribution in [0, 0.1) is 12.3 Å². The number of ether oxygens (including phenoxy) is 1. The summed E-state index contributed by atoms with van der Waals surface area (Å²) in [6, 6.07) is 24.9. The third kappa shape index (κ3) is 4.41. The molecule has 0 radical (unpaired) electrons. The largest absolute Gasteiger partial charge is 0.469 e. The Morgan fingerprint density at radius 1 is 0.912 bits per heavy atom. The summed E-state index contributed by atoms with van der Waals surface area (Å²) in [6.45, 7) is 2.13. The molecule has 0 aliphatic carbocycles. The number of nitrogens with zero attached hydrogens (tertiary/aromatic N) is 2. The molecule has 7 nitrogen and oxygen atoms in total. The fourth-order valence-electron chi connectivity index (χ4n) is 4.04. The Hall–Kier alpha value is -4.39. The number of nitrogens with two attached hydrogens (primary N) is 1. The van der Waals surface area contributed by atoms with Crippen LogP contribution < -0.4 is 11.4 Å². The van der Waals surface area contributed by atoms with Crippen LogP contribution in [-0.4, -0.2) is 28.0 Å². The highest BCUT2D eigenvalue weighted by Crippen LogP contribution is 2.29. The fourth-order valence-corrected chi connectivity index (χ4v) is 4.04. The summed E-state index contributed by atoms with van der Waals surface area (Å²) in [5.74, 6) is -0.326. The number of hydrogen-bond donors (Lipinski definition) is 2. The average Bonchev–Trinajstić information content (AvgIpc) is 3.12. The quantitative estimate of drug-likeness (QED) is 0.249. The van der Waals surface area contributed by atoms with Crippen molar-refractivity contribution in [2.45, 2.75) is 19.9 Å². The minimum Gasteiger partial charge on any atom is -0.469 e. The number of hydrogen-bond acceptors (Lipinski definition) is 4. The first kappa shape index (κ1) is 22.8. The van der Waals surface area contributed by atoms with Gasteiger partial charge in [0.15, 0.2) is 0 Å². The second-order valence-corrected chi connectivity index (χ2v) is 7.93. The van der Waals surface area contributed by atoms with Crippen molar-refractivity contribution in [2.24, 2.45) is 5.73 Å². The van der Waals surface area contributed by atoms with Gasteiger partial charge in [0.2, 0.25) is 0 Å². The van der Waals surface area contributed by atoms with Gasteiger partial charge in [-0.2, -0.15) is 0 Å². The molecule has 0 aliphatic rings. The zero-order chi connectivity index (χ0) is 24.2. The molecule has 3 N–H and O–H groups in total. The van der Waals surface area contributed by atoms with Crippen molar-refractivity contribution in [1.29, 1.82) is 5.41 Å². The van der Waals surface area contributed by atoms with E-state index in [1.807, 2.05) is 85.8 Å². The molecular formula is C27H26N4O3. The van der Waals surface area contributed by atoms with Crippen molar-refractivity contribution in [3.8, 4) is 28.1 Å².